The van der Waals surface area contributed by atoms with E-state index < -0.39 is 0 Å². The van der Waals surface area contributed by atoms with Crippen LogP contribution in [-0.4, -0.2) is 15.0 Å². The van der Waals surface area contributed by atoms with E-state index in [-0.39, 0.29) is 0 Å². The fourth-order valence-corrected chi connectivity index (χ4v) is 1.32. The van der Waals surface area contributed by atoms with E-state index in [2.05, 4.69) is 15.0 Å². The molecular formula is C9H5N3O. The molecule has 1 aromatic carbocycles. The SMILES string of the molecule is c1nc2cc3nccoc3cc2n1. The van der Waals surface area contributed by atoms with E-state index in [4.69, 9.17) is 4.42 Å². The summed E-state index contributed by atoms with van der Waals surface area (Å²) in [5.41, 5.74) is 3.22. The molecule has 0 atom stereocenters. The fourth-order valence-electron chi connectivity index (χ4n) is 1.32. The monoisotopic (exact) mass is 171 g/mol. The zero-order valence-corrected chi connectivity index (χ0v) is 6.64. The van der Waals surface area contributed by atoms with Crippen LogP contribution in [0, 0.1) is 0 Å². The standard InChI is InChI=1S/C9H5N3O/c1-2-13-9-4-7-6(11-5-12-7)3-8(9)10-1/h1-5H. The van der Waals surface area contributed by atoms with Crippen LogP contribution in [-0.2, 0) is 0 Å². The quantitative estimate of drug-likeness (QED) is 0.517. The number of nitrogens with zero attached hydrogens (tertiary/aromatic N) is 3. The lowest BCUT2D eigenvalue weighted by Gasteiger charge is -1.93. The molecule has 3 rings (SSSR count). The van der Waals surface area contributed by atoms with Gasteiger partial charge in [0.25, 0.3) is 0 Å². The first-order chi connectivity index (χ1) is 6.43. The first-order valence-corrected chi connectivity index (χ1v) is 3.87. The Bertz CT molecular complexity index is 523. The molecule has 3 aromatic rings. The van der Waals surface area contributed by atoms with Crippen LogP contribution >= 0.6 is 0 Å². The molecule has 2 heterocycles. The lowest BCUT2D eigenvalue weighted by atomic mass is 10.3. The van der Waals surface area contributed by atoms with Crippen LogP contribution < -0.4 is 0 Å². The summed E-state index contributed by atoms with van der Waals surface area (Å²) in [6.07, 6.45) is 4.69. The molecule has 0 aliphatic heterocycles. The van der Waals surface area contributed by atoms with E-state index >= 15 is 0 Å². The third-order valence-corrected chi connectivity index (χ3v) is 1.92. The van der Waals surface area contributed by atoms with E-state index in [1.165, 1.54) is 6.33 Å². The molecule has 2 aromatic heterocycles. The van der Waals surface area contributed by atoms with Gasteiger partial charge < -0.3 is 4.42 Å². The highest BCUT2D eigenvalue weighted by atomic mass is 16.3. The van der Waals surface area contributed by atoms with Crippen molar-refractivity contribution in [3.8, 4) is 0 Å². The summed E-state index contributed by atoms with van der Waals surface area (Å²) >= 11 is 0. The Balaban J connectivity index is 2.57. The number of fused-ring (bicyclic) bond motifs is 2. The molecular weight excluding hydrogens is 166 g/mol. The Hall–Kier alpha value is -1.97. The maximum Gasteiger partial charge on any atom is 0.154 e. The molecule has 0 spiro atoms. The van der Waals surface area contributed by atoms with Gasteiger partial charge in [0.1, 0.15) is 18.1 Å². The van der Waals surface area contributed by atoms with Gasteiger partial charge in [0, 0.05) is 6.07 Å². The summed E-state index contributed by atoms with van der Waals surface area (Å²) in [4.78, 5) is 12.3. The average Bonchev–Trinajstić information content (AvgIpc) is 2.61. The minimum atomic E-state index is 0.732. The molecule has 0 bridgehead atoms. The number of hydrogen-bond donors (Lipinski definition) is 0. The molecule has 0 amide bonds. The van der Waals surface area contributed by atoms with E-state index in [1.807, 2.05) is 12.1 Å². The van der Waals surface area contributed by atoms with Gasteiger partial charge in [0.2, 0.25) is 0 Å². The van der Waals surface area contributed by atoms with Crippen LogP contribution in [0.5, 0.6) is 0 Å². The summed E-state index contributed by atoms with van der Waals surface area (Å²) in [6, 6.07) is 3.70. The van der Waals surface area contributed by atoms with Crippen molar-refractivity contribution in [1.82, 2.24) is 15.0 Å². The van der Waals surface area contributed by atoms with Crippen molar-refractivity contribution < 1.29 is 4.42 Å². The lowest BCUT2D eigenvalue weighted by molar-refractivity contribution is 0.598. The number of imidazole rings is 1. The van der Waals surface area contributed by atoms with Crippen molar-refractivity contribution in [2.45, 2.75) is 0 Å². The van der Waals surface area contributed by atoms with Crippen LogP contribution in [0.2, 0.25) is 0 Å². The second-order valence-electron chi connectivity index (χ2n) is 2.71. The molecule has 0 aliphatic carbocycles. The third kappa shape index (κ3) is 0.885. The summed E-state index contributed by atoms with van der Waals surface area (Å²) < 4.78 is 5.26. The molecule has 0 saturated heterocycles. The van der Waals surface area contributed by atoms with Gasteiger partial charge >= 0.3 is 0 Å². The molecule has 0 unspecified atom stereocenters. The van der Waals surface area contributed by atoms with E-state index in [1.54, 1.807) is 12.5 Å². The summed E-state index contributed by atoms with van der Waals surface area (Å²) in [5.74, 6) is 0. The molecule has 0 saturated carbocycles. The highest BCUT2D eigenvalue weighted by Crippen LogP contribution is 2.17. The first-order valence-electron chi connectivity index (χ1n) is 3.87. The van der Waals surface area contributed by atoms with Gasteiger partial charge in [-0.1, -0.05) is 0 Å². The predicted molar refractivity (Wildman–Crippen MR) is 47.1 cm³/mol. The van der Waals surface area contributed by atoms with Gasteiger partial charge in [-0.3, -0.25) is 0 Å². The highest BCUT2D eigenvalue weighted by Gasteiger charge is 2.01. The van der Waals surface area contributed by atoms with Gasteiger partial charge in [-0.05, 0) is 6.07 Å². The van der Waals surface area contributed by atoms with Crippen LogP contribution in [0.1, 0.15) is 0 Å². The van der Waals surface area contributed by atoms with Gasteiger partial charge in [-0.25, -0.2) is 15.0 Å². The zero-order chi connectivity index (χ0) is 8.67. The van der Waals surface area contributed by atoms with Gasteiger partial charge in [-0.2, -0.15) is 0 Å². The zero-order valence-electron chi connectivity index (χ0n) is 6.64. The number of aromatic nitrogens is 3. The van der Waals surface area contributed by atoms with Crippen molar-refractivity contribution in [2.24, 2.45) is 0 Å². The average molecular weight is 171 g/mol. The van der Waals surface area contributed by atoms with Crippen molar-refractivity contribution in [3.63, 3.8) is 0 Å². The Morgan fingerprint density at radius 1 is 0.923 bits per heavy atom. The van der Waals surface area contributed by atoms with E-state index in [9.17, 15) is 0 Å². The summed E-state index contributed by atoms with van der Waals surface area (Å²) in [6.45, 7) is 0. The van der Waals surface area contributed by atoms with Gasteiger partial charge in [0.05, 0.1) is 17.2 Å². The Kier molecular flexibility index (Phi) is 1.14. The fraction of sp³-hybridized carbons (Fsp3) is 0. The maximum atomic E-state index is 5.26. The summed E-state index contributed by atoms with van der Waals surface area (Å²) in [5, 5.41) is 0. The molecule has 0 fully saturated rings. The second kappa shape index (κ2) is 2.26. The molecule has 4 nitrogen and oxygen atoms in total. The van der Waals surface area contributed by atoms with Gasteiger partial charge in [0.15, 0.2) is 5.58 Å². The van der Waals surface area contributed by atoms with Crippen LogP contribution in [0.3, 0.4) is 0 Å². The predicted octanol–water partition coefficient (Wildman–Crippen LogP) is 1.77. The molecule has 0 N–H and O–H groups in total. The number of hydrogen-bond acceptors (Lipinski definition) is 4. The lowest BCUT2D eigenvalue weighted by Crippen LogP contribution is -1.77. The molecule has 62 valence electrons. The molecule has 4 heteroatoms. The largest absolute Gasteiger partial charge is 0.461 e. The Morgan fingerprint density at radius 2 is 1.77 bits per heavy atom. The summed E-state index contributed by atoms with van der Waals surface area (Å²) in [7, 11) is 0. The topological polar surface area (TPSA) is 51.8 Å². The van der Waals surface area contributed by atoms with E-state index in [0.717, 1.165) is 22.1 Å². The minimum Gasteiger partial charge on any atom is -0.461 e. The van der Waals surface area contributed by atoms with Crippen molar-refractivity contribution >= 4 is 22.1 Å². The van der Waals surface area contributed by atoms with Crippen LogP contribution in [0.25, 0.3) is 22.1 Å². The number of benzene rings is 1. The smallest absolute Gasteiger partial charge is 0.154 e. The number of rotatable bonds is 0. The normalized spacial score (nSPS) is 11.1. The van der Waals surface area contributed by atoms with Crippen LogP contribution in [0.4, 0.5) is 0 Å². The van der Waals surface area contributed by atoms with E-state index in [0.29, 0.717) is 0 Å². The molecule has 0 aliphatic rings. The molecule has 13 heavy (non-hydrogen) atoms. The highest BCUT2D eigenvalue weighted by molar-refractivity contribution is 5.89. The Morgan fingerprint density at radius 3 is 2.69 bits per heavy atom. The Labute approximate surface area is 73.2 Å². The first kappa shape index (κ1) is 6.54. The second-order valence-corrected chi connectivity index (χ2v) is 2.71. The van der Waals surface area contributed by atoms with Crippen molar-refractivity contribution in [2.75, 3.05) is 0 Å². The van der Waals surface area contributed by atoms with Crippen molar-refractivity contribution in [3.05, 3.63) is 30.9 Å². The maximum absolute atomic E-state index is 5.26. The third-order valence-electron chi connectivity index (χ3n) is 1.92. The van der Waals surface area contributed by atoms with Crippen LogP contribution in [0.15, 0.2) is 35.3 Å². The molecule has 0 radical (unpaired) electrons. The minimum absolute atomic E-state index is 0.732. The van der Waals surface area contributed by atoms with Crippen molar-refractivity contribution in [1.29, 1.82) is 0 Å². The van der Waals surface area contributed by atoms with Gasteiger partial charge in [-0.15, -0.1) is 0 Å².